The second-order valence-electron chi connectivity index (χ2n) is 7.70. The van der Waals surface area contributed by atoms with Crippen LogP contribution in [-0.4, -0.2) is 33.1 Å². The standard InChI is InChI=1S/C21H24ClN3O/c1-21(26,15-5-4-8-23-11-15)10-14-12-24(2)13-18-17-9-16(22)6-7-19(17)25(3)20(14)18/h4-9,11,14,26H,10,12-13H2,1-3H3. The van der Waals surface area contributed by atoms with Gasteiger partial charge in [0.2, 0.25) is 0 Å². The van der Waals surface area contributed by atoms with Gasteiger partial charge in [0.25, 0.3) is 0 Å². The van der Waals surface area contributed by atoms with E-state index in [1.165, 1.54) is 22.2 Å². The molecular formula is C21H24ClN3O. The minimum atomic E-state index is -0.928. The van der Waals surface area contributed by atoms with Crippen molar-refractivity contribution in [1.29, 1.82) is 0 Å². The van der Waals surface area contributed by atoms with Gasteiger partial charge in [-0.25, -0.2) is 0 Å². The molecule has 0 aliphatic carbocycles. The van der Waals surface area contributed by atoms with Gasteiger partial charge < -0.3 is 14.6 Å². The van der Waals surface area contributed by atoms with Gasteiger partial charge in [-0.2, -0.15) is 0 Å². The van der Waals surface area contributed by atoms with E-state index in [9.17, 15) is 5.11 Å². The molecule has 0 saturated carbocycles. The van der Waals surface area contributed by atoms with Crippen molar-refractivity contribution in [2.45, 2.75) is 31.4 Å². The predicted molar refractivity (Wildman–Crippen MR) is 105 cm³/mol. The van der Waals surface area contributed by atoms with Crippen LogP contribution in [0.4, 0.5) is 0 Å². The summed E-state index contributed by atoms with van der Waals surface area (Å²) >= 11 is 6.26. The molecule has 0 saturated heterocycles. The Hall–Kier alpha value is -1.88. The summed E-state index contributed by atoms with van der Waals surface area (Å²) in [6.45, 7) is 3.71. The lowest BCUT2D eigenvalue weighted by molar-refractivity contribution is 0.0332. The summed E-state index contributed by atoms with van der Waals surface area (Å²) in [7, 11) is 4.25. The highest BCUT2D eigenvalue weighted by Gasteiger charge is 2.35. The molecule has 0 fully saturated rings. The van der Waals surface area contributed by atoms with Crippen molar-refractivity contribution in [3.8, 4) is 0 Å². The first-order valence-electron chi connectivity index (χ1n) is 8.95. The number of fused-ring (bicyclic) bond motifs is 3. The smallest absolute Gasteiger partial charge is 0.0890 e. The van der Waals surface area contributed by atoms with E-state index in [2.05, 4.69) is 40.7 Å². The van der Waals surface area contributed by atoms with E-state index in [0.29, 0.717) is 6.42 Å². The average Bonchev–Trinajstić information content (AvgIpc) is 2.87. The van der Waals surface area contributed by atoms with Gasteiger partial charge in [0.05, 0.1) is 5.60 Å². The number of likely N-dealkylation sites (N-methyl/N-ethyl adjacent to an activating group) is 1. The van der Waals surface area contributed by atoms with Gasteiger partial charge in [-0.1, -0.05) is 17.7 Å². The fraction of sp³-hybridized carbons (Fsp3) is 0.381. The lowest BCUT2D eigenvalue weighted by Gasteiger charge is -2.35. The number of hydrogen-bond donors (Lipinski definition) is 1. The highest BCUT2D eigenvalue weighted by Crippen LogP contribution is 2.41. The monoisotopic (exact) mass is 369 g/mol. The van der Waals surface area contributed by atoms with Crippen LogP contribution in [0.3, 0.4) is 0 Å². The summed E-state index contributed by atoms with van der Waals surface area (Å²) in [5, 5.41) is 13.1. The van der Waals surface area contributed by atoms with Crippen LogP contribution in [0.1, 0.15) is 36.1 Å². The zero-order valence-electron chi connectivity index (χ0n) is 15.4. The average molecular weight is 370 g/mol. The molecule has 1 aliphatic rings. The SMILES string of the molecule is CN1Cc2c(n(C)c3ccc(Cl)cc23)C(CC(C)(O)c2cccnc2)C1. The Bertz CT molecular complexity index is 949. The number of nitrogens with zero attached hydrogens (tertiary/aromatic N) is 3. The molecule has 3 heterocycles. The van der Waals surface area contributed by atoms with E-state index in [-0.39, 0.29) is 5.92 Å². The van der Waals surface area contributed by atoms with Crippen molar-refractivity contribution >= 4 is 22.5 Å². The number of aromatic nitrogens is 2. The van der Waals surface area contributed by atoms with Gasteiger partial charge in [-0.3, -0.25) is 4.98 Å². The number of aryl methyl sites for hydroxylation is 1. The van der Waals surface area contributed by atoms with Gasteiger partial charge in [0, 0.05) is 65.6 Å². The van der Waals surface area contributed by atoms with Crippen LogP contribution in [-0.2, 0) is 19.2 Å². The van der Waals surface area contributed by atoms with Gasteiger partial charge in [-0.05, 0) is 50.2 Å². The maximum absolute atomic E-state index is 11.2. The first-order chi connectivity index (χ1) is 12.4. The number of aliphatic hydroxyl groups is 1. The largest absolute Gasteiger partial charge is 0.385 e. The molecule has 2 aromatic heterocycles. The van der Waals surface area contributed by atoms with Crippen molar-refractivity contribution in [2.24, 2.45) is 7.05 Å². The number of benzene rings is 1. The van der Waals surface area contributed by atoms with Crippen LogP contribution in [0.15, 0.2) is 42.7 Å². The Morgan fingerprint density at radius 3 is 2.85 bits per heavy atom. The third kappa shape index (κ3) is 2.92. The molecule has 5 heteroatoms. The van der Waals surface area contributed by atoms with E-state index in [4.69, 9.17) is 11.6 Å². The van der Waals surface area contributed by atoms with Crippen molar-refractivity contribution in [1.82, 2.24) is 14.5 Å². The van der Waals surface area contributed by atoms with Crippen LogP contribution in [0.25, 0.3) is 10.9 Å². The summed E-state index contributed by atoms with van der Waals surface area (Å²) in [4.78, 5) is 6.50. The zero-order chi connectivity index (χ0) is 18.5. The van der Waals surface area contributed by atoms with Gasteiger partial charge >= 0.3 is 0 Å². The molecule has 0 radical (unpaired) electrons. The van der Waals surface area contributed by atoms with Gasteiger partial charge in [0.1, 0.15) is 0 Å². The Labute approximate surface area is 159 Å². The number of pyridine rings is 1. The molecule has 1 N–H and O–H groups in total. The molecule has 4 rings (SSSR count). The minimum Gasteiger partial charge on any atom is -0.385 e. The van der Waals surface area contributed by atoms with Gasteiger partial charge in [0.15, 0.2) is 0 Å². The van der Waals surface area contributed by atoms with Crippen LogP contribution >= 0.6 is 11.6 Å². The normalized spacial score (nSPS) is 20.1. The summed E-state index contributed by atoms with van der Waals surface area (Å²) < 4.78 is 2.28. The molecule has 26 heavy (non-hydrogen) atoms. The molecule has 0 amide bonds. The van der Waals surface area contributed by atoms with Crippen LogP contribution in [0, 0.1) is 0 Å². The van der Waals surface area contributed by atoms with Crippen molar-refractivity contribution in [3.05, 3.63) is 64.6 Å². The molecule has 2 atom stereocenters. The molecule has 2 unspecified atom stereocenters. The maximum atomic E-state index is 11.2. The molecule has 4 nitrogen and oxygen atoms in total. The lowest BCUT2D eigenvalue weighted by atomic mass is 9.82. The molecule has 1 aromatic carbocycles. The summed E-state index contributed by atoms with van der Waals surface area (Å²) in [6.07, 6.45) is 4.14. The first-order valence-corrected chi connectivity index (χ1v) is 9.33. The van der Waals surface area contributed by atoms with E-state index in [0.717, 1.165) is 23.7 Å². The summed E-state index contributed by atoms with van der Waals surface area (Å²) in [5.41, 5.74) is 3.76. The van der Waals surface area contributed by atoms with Crippen molar-refractivity contribution in [2.75, 3.05) is 13.6 Å². The second kappa shape index (κ2) is 6.38. The lowest BCUT2D eigenvalue weighted by Crippen LogP contribution is -2.35. The van der Waals surface area contributed by atoms with E-state index in [1.54, 1.807) is 12.4 Å². The maximum Gasteiger partial charge on any atom is 0.0890 e. The predicted octanol–water partition coefficient (Wildman–Crippen LogP) is 4.05. The fourth-order valence-corrected chi connectivity index (χ4v) is 4.61. The fourth-order valence-electron chi connectivity index (χ4n) is 4.44. The van der Waals surface area contributed by atoms with Crippen LogP contribution in [0.2, 0.25) is 5.02 Å². The minimum absolute atomic E-state index is 0.232. The number of rotatable bonds is 3. The third-order valence-electron chi connectivity index (χ3n) is 5.59. The highest BCUT2D eigenvalue weighted by atomic mass is 35.5. The Morgan fingerprint density at radius 2 is 2.12 bits per heavy atom. The van der Waals surface area contributed by atoms with E-state index >= 15 is 0 Å². The van der Waals surface area contributed by atoms with E-state index < -0.39 is 5.60 Å². The molecular weight excluding hydrogens is 346 g/mol. The number of hydrogen-bond acceptors (Lipinski definition) is 3. The molecule has 0 spiro atoms. The number of halogens is 1. The Morgan fingerprint density at radius 1 is 1.31 bits per heavy atom. The quantitative estimate of drug-likeness (QED) is 0.757. The van der Waals surface area contributed by atoms with Crippen molar-refractivity contribution < 1.29 is 5.11 Å². The zero-order valence-corrected chi connectivity index (χ0v) is 16.2. The third-order valence-corrected chi connectivity index (χ3v) is 5.82. The second-order valence-corrected chi connectivity index (χ2v) is 8.13. The van der Waals surface area contributed by atoms with Crippen LogP contribution in [0.5, 0.6) is 0 Å². The van der Waals surface area contributed by atoms with Crippen molar-refractivity contribution in [3.63, 3.8) is 0 Å². The Balaban J connectivity index is 1.79. The van der Waals surface area contributed by atoms with Crippen LogP contribution < -0.4 is 0 Å². The summed E-state index contributed by atoms with van der Waals surface area (Å²) in [5.74, 6) is 0.232. The summed E-state index contributed by atoms with van der Waals surface area (Å²) in [6, 6.07) is 9.92. The molecule has 3 aromatic rings. The molecule has 136 valence electrons. The Kier molecular flexibility index (Phi) is 4.30. The molecule has 1 aliphatic heterocycles. The van der Waals surface area contributed by atoms with Gasteiger partial charge in [-0.15, -0.1) is 0 Å². The molecule has 0 bridgehead atoms. The highest BCUT2D eigenvalue weighted by molar-refractivity contribution is 6.31. The first kappa shape index (κ1) is 17.5. The topological polar surface area (TPSA) is 41.3 Å². The van der Waals surface area contributed by atoms with E-state index in [1.807, 2.05) is 25.1 Å².